The Hall–Kier alpha value is -0.510. The Bertz CT molecular complexity index is 181. The van der Waals surface area contributed by atoms with Crippen LogP contribution in [0.4, 0.5) is 13.2 Å². The van der Waals surface area contributed by atoms with Crippen molar-refractivity contribution in [2.45, 2.75) is 25.4 Å². The minimum Gasteiger partial charge on any atom is -0.389 e. The van der Waals surface area contributed by atoms with Crippen LogP contribution in [0.2, 0.25) is 0 Å². The number of alkyl halides is 2. The Balaban J connectivity index is 2.83. The monoisotopic (exact) mass is 166 g/mol. The highest BCUT2D eigenvalue weighted by Gasteiger charge is 2.38. The topological polar surface area (TPSA) is 20.2 Å². The molecule has 0 spiro atoms. The van der Waals surface area contributed by atoms with Gasteiger partial charge in [-0.1, -0.05) is 6.92 Å². The molecule has 4 heteroatoms. The molecule has 0 amide bonds. The van der Waals surface area contributed by atoms with Crippen molar-refractivity contribution in [3.63, 3.8) is 0 Å². The summed E-state index contributed by atoms with van der Waals surface area (Å²) in [7, 11) is 0. The predicted octanol–water partition coefficient (Wildman–Crippen LogP) is 1.53. The van der Waals surface area contributed by atoms with Crippen LogP contribution in [0, 0.1) is 5.92 Å². The molecule has 0 radical (unpaired) electrons. The first-order valence-corrected chi connectivity index (χ1v) is 3.37. The van der Waals surface area contributed by atoms with E-state index < -0.39 is 30.2 Å². The van der Waals surface area contributed by atoms with Gasteiger partial charge in [0, 0.05) is 5.92 Å². The van der Waals surface area contributed by atoms with Crippen LogP contribution in [0.5, 0.6) is 0 Å². The first kappa shape index (κ1) is 8.59. The maximum Gasteiger partial charge on any atom is 0.182 e. The lowest BCUT2D eigenvalue weighted by Gasteiger charge is -2.26. The molecule has 64 valence electrons. The van der Waals surface area contributed by atoms with Gasteiger partial charge in [-0.25, -0.2) is 13.2 Å². The summed E-state index contributed by atoms with van der Waals surface area (Å²) in [5, 5.41) is 8.91. The third-order valence-electron chi connectivity index (χ3n) is 1.91. The molecule has 1 aliphatic carbocycles. The summed E-state index contributed by atoms with van der Waals surface area (Å²) >= 11 is 0. The fourth-order valence-electron chi connectivity index (χ4n) is 1.01. The van der Waals surface area contributed by atoms with Crippen molar-refractivity contribution in [2.75, 3.05) is 0 Å². The number of halogens is 3. The van der Waals surface area contributed by atoms with Gasteiger partial charge in [0.15, 0.2) is 6.17 Å². The van der Waals surface area contributed by atoms with Crippen molar-refractivity contribution >= 4 is 0 Å². The van der Waals surface area contributed by atoms with Gasteiger partial charge in [-0.3, -0.25) is 0 Å². The van der Waals surface area contributed by atoms with Crippen LogP contribution in [-0.4, -0.2) is 23.6 Å². The van der Waals surface area contributed by atoms with E-state index in [1.165, 1.54) is 6.92 Å². The number of aliphatic hydroxyl groups is 1. The Morgan fingerprint density at radius 2 is 2.00 bits per heavy atom. The minimum absolute atomic E-state index is 0.714. The molecule has 0 aromatic carbocycles. The number of rotatable bonds is 0. The molecule has 0 aliphatic heterocycles. The second-order valence-corrected chi connectivity index (χ2v) is 2.75. The molecule has 1 nitrogen and oxygen atoms in total. The predicted molar refractivity (Wildman–Crippen MR) is 34.2 cm³/mol. The third-order valence-corrected chi connectivity index (χ3v) is 1.91. The second kappa shape index (κ2) is 2.85. The highest BCUT2D eigenvalue weighted by molar-refractivity contribution is 5.12. The smallest absolute Gasteiger partial charge is 0.182 e. The largest absolute Gasteiger partial charge is 0.389 e. The molecule has 11 heavy (non-hydrogen) atoms. The molecule has 0 bridgehead atoms. The van der Waals surface area contributed by atoms with Crippen LogP contribution < -0.4 is 0 Å². The van der Waals surface area contributed by atoms with Gasteiger partial charge in [0.2, 0.25) is 0 Å². The molecule has 4 atom stereocenters. The third kappa shape index (κ3) is 1.40. The standard InChI is InChI=1S/C7H9F3O/c1-3-5(11)2-4(8)7(10)6(3)9/h2-3,5-7,11H,1H3. The van der Waals surface area contributed by atoms with Gasteiger partial charge >= 0.3 is 0 Å². The van der Waals surface area contributed by atoms with Gasteiger partial charge in [0.05, 0.1) is 6.10 Å². The fraction of sp³-hybridized carbons (Fsp3) is 0.714. The zero-order valence-corrected chi connectivity index (χ0v) is 5.97. The molecule has 0 saturated heterocycles. The van der Waals surface area contributed by atoms with Crippen molar-refractivity contribution in [3.05, 3.63) is 11.9 Å². The lowest BCUT2D eigenvalue weighted by Crippen LogP contribution is -2.37. The van der Waals surface area contributed by atoms with Gasteiger partial charge < -0.3 is 5.11 Å². The van der Waals surface area contributed by atoms with E-state index in [0.717, 1.165) is 0 Å². The molecule has 4 unspecified atom stereocenters. The van der Waals surface area contributed by atoms with Crippen molar-refractivity contribution in [2.24, 2.45) is 5.92 Å². The molecular weight excluding hydrogens is 157 g/mol. The number of hydrogen-bond acceptors (Lipinski definition) is 1. The van der Waals surface area contributed by atoms with Crippen LogP contribution >= 0.6 is 0 Å². The molecule has 1 rings (SSSR count). The van der Waals surface area contributed by atoms with Crippen molar-refractivity contribution in [1.82, 2.24) is 0 Å². The van der Waals surface area contributed by atoms with E-state index in [0.29, 0.717) is 6.08 Å². The minimum atomic E-state index is -2.20. The van der Waals surface area contributed by atoms with Gasteiger partial charge in [-0.05, 0) is 6.08 Å². The first-order valence-electron chi connectivity index (χ1n) is 3.37. The van der Waals surface area contributed by atoms with E-state index in [-0.39, 0.29) is 0 Å². The summed E-state index contributed by atoms with van der Waals surface area (Å²) in [6.45, 7) is 1.34. The van der Waals surface area contributed by atoms with Crippen LogP contribution in [0.3, 0.4) is 0 Å². The second-order valence-electron chi connectivity index (χ2n) is 2.75. The quantitative estimate of drug-likeness (QED) is 0.578. The van der Waals surface area contributed by atoms with E-state index in [9.17, 15) is 13.2 Å². The van der Waals surface area contributed by atoms with Gasteiger partial charge in [0.25, 0.3) is 0 Å². The normalized spacial score (nSPS) is 45.4. The van der Waals surface area contributed by atoms with E-state index in [4.69, 9.17) is 5.11 Å². The Morgan fingerprint density at radius 3 is 2.55 bits per heavy atom. The summed E-state index contributed by atoms with van der Waals surface area (Å²) in [5.74, 6) is -2.08. The Kier molecular flexibility index (Phi) is 2.23. The Morgan fingerprint density at radius 1 is 1.45 bits per heavy atom. The van der Waals surface area contributed by atoms with Crippen LogP contribution in [0.25, 0.3) is 0 Å². The van der Waals surface area contributed by atoms with E-state index in [1.807, 2.05) is 0 Å². The van der Waals surface area contributed by atoms with Crippen LogP contribution in [0.15, 0.2) is 11.9 Å². The number of aliphatic hydroxyl groups excluding tert-OH is 1. The maximum atomic E-state index is 12.7. The van der Waals surface area contributed by atoms with E-state index in [2.05, 4.69) is 0 Å². The van der Waals surface area contributed by atoms with Crippen molar-refractivity contribution in [3.8, 4) is 0 Å². The zero-order valence-electron chi connectivity index (χ0n) is 5.97. The molecule has 0 aromatic rings. The number of hydrogen-bond donors (Lipinski definition) is 1. The first-order chi connectivity index (χ1) is 5.04. The molecule has 0 heterocycles. The summed E-state index contributed by atoms with van der Waals surface area (Å²) in [6.07, 6.45) is -4.63. The van der Waals surface area contributed by atoms with Crippen molar-refractivity contribution in [1.29, 1.82) is 0 Å². The van der Waals surface area contributed by atoms with E-state index in [1.54, 1.807) is 0 Å². The molecule has 0 fully saturated rings. The fourth-order valence-corrected chi connectivity index (χ4v) is 1.01. The average Bonchev–Trinajstić information content (AvgIpc) is 1.97. The summed E-state index contributed by atoms with van der Waals surface area (Å²) in [4.78, 5) is 0. The maximum absolute atomic E-state index is 12.7. The summed E-state index contributed by atoms with van der Waals surface area (Å²) in [6, 6.07) is 0. The summed E-state index contributed by atoms with van der Waals surface area (Å²) < 4.78 is 37.5. The van der Waals surface area contributed by atoms with Gasteiger partial charge in [-0.2, -0.15) is 0 Å². The lowest BCUT2D eigenvalue weighted by molar-refractivity contribution is 0.0366. The van der Waals surface area contributed by atoms with Gasteiger partial charge in [-0.15, -0.1) is 0 Å². The number of allylic oxidation sites excluding steroid dienone is 1. The molecule has 1 N–H and O–H groups in total. The van der Waals surface area contributed by atoms with Crippen LogP contribution in [-0.2, 0) is 0 Å². The molecular formula is C7H9F3O. The SMILES string of the molecule is CC1C(O)C=C(F)C(F)C1F. The molecule has 1 aliphatic rings. The summed E-state index contributed by atoms with van der Waals surface area (Å²) in [5.41, 5.74) is 0. The average molecular weight is 166 g/mol. The van der Waals surface area contributed by atoms with Crippen LogP contribution in [0.1, 0.15) is 6.92 Å². The Labute approximate surface area is 62.5 Å². The lowest BCUT2D eigenvalue weighted by atomic mass is 9.90. The highest BCUT2D eigenvalue weighted by Crippen LogP contribution is 2.29. The van der Waals surface area contributed by atoms with Gasteiger partial charge in [0.1, 0.15) is 12.0 Å². The zero-order chi connectivity index (χ0) is 8.59. The molecule has 0 saturated carbocycles. The highest BCUT2D eigenvalue weighted by atomic mass is 19.2. The van der Waals surface area contributed by atoms with Crippen molar-refractivity contribution < 1.29 is 18.3 Å². The van der Waals surface area contributed by atoms with E-state index >= 15 is 0 Å². The molecule has 0 aromatic heterocycles.